The summed E-state index contributed by atoms with van der Waals surface area (Å²) in [5.74, 6) is -1.68. The van der Waals surface area contributed by atoms with Gasteiger partial charge in [0.1, 0.15) is 30.7 Å². The molecule has 3 amide bonds. The first-order valence-corrected chi connectivity index (χ1v) is 15.6. The van der Waals surface area contributed by atoms with Crippen molar-refractivity contribution in [2.24, 2.45) is 17.8 Å². The summed E-state index contributed by atoms with van der Waals surface area (Å²) in [5.41, 5.74) is 1.39. The van der Waals surface area contributed by atoms with Gasteiger partial charge < -0.3 is 29.2 Å². The van der Waals surface area contributed by atoms with Crippen LogP contribution in [0.3, 0.4) is 0 Å². The summed E-state index contributed by atoms with van der Waals surface area (Å²) in [7, 11) is 1.99. The molecule has 1 N–H and O–H groups in total. The number of amides is 3. The zero-order valence-electron chi connectivity index (χ0n) is 26.9. The number of aliphatic hydroxyl groups excluding tert-OH is 1. The van der Waals surface area contributed by atoms with Crippen LogP contribution in [0.5, 0.6) is 0 Å². The van der Waals surface area contributed by atoms with Gasteiger partial charge in [-0.3, -0.25) is 4.90 Å². The fourth-order valence-electron chi connectivity index (χ4n) is 5.55. The summed E-state index contributed by atoms with van der Waals surface area (Å²) in [6, 6.07) is 5.65. The molecule has 2 aliphatic rings. The number of rotatable bonds is 14. The number of anilines is 1. The van der Waals surface area contributed by atoms with Crippen molar-refractivity contribution < 1.29 is 37.8 Å². The molecule has 46 heavy (non-hydrogen) atoms. The van der Waals surface area contributed by atoms with Crippen molar-refractivity contribution in [3.05, 3.63) is 47.3 Å². The van der Waals surface area contributed by atoms with Gasteiger partial charge in [0.25, 0.3) is 0 Å². The molecule has 5 atom stereocenters. The van der Waals surface area contributed by atoms with Crippen molar-refractivity contribution in [3.8, 4) is 12.2 Å². The third-order valence-electron chi connectivity index (χ3n) is 8.52. The van der Waals surface area contributed by atoms with Crippen molar-refractivity contribution in [1.82, 2.24) is 14.7 Å². The summed E-state index contributed by atoms with van der Waals surface area (Å²) in [6.07, 6.45) is 7.01. The lowest BCUT2D eigenvalue weighted by Crippen LogP contribution is -2.48. The number of allylic oxidation sites excluding steroid dienone is 2. The number of hydrogen-bond donors (Lipinski definition) is 1. The number of carbonyl (C=O) groups is 4. The molecule has 0 aliphatic carbocycles. The highest BCUT2D eigenvalue weighted by atomic mass is 19.1. The van der Waals surface area contributed by atoms with E-state index in [-0.39, 0.29) is 31.3 Å². The van der Waals surface area contributed by atoms with E-state index in [2.05, 4.69) is 10.9 Å². The maximum Gasteiger partial charge on any atom is 0.410 e. The molecule has 1 aromatic carbocycles. The van der Waals surface area contributed by atoms with E-state index in [1.165, 1.54) is 23.2 Å². The van der Waals surface area contributed by atoms with Gasteiger partial charge in [-0.15, -0.1) is 4.39 Å². The molecule has 0 bridgehead atoms. The largest absolute Gasteiger partial charge is 0.442 e. The minimum atomic E-state index is -0.779. The predicted molar refractivity (Wildman–Crippen MR) is 171 cm³/mol. The van der Waals surface area contributed by atoms with Crippen molar-refractivity contribution in [2.45, 2.75) is 52.2 Å². The van der Waals surface area contributed by atoms with Gasteiger partial charge >= 0.3 is 12.1 Å². The number of halogens is 2. The number of aliphatic hydroxyl groups is 1. The second-order valence-corrected chi connectivity index (χ2v) is 12.1. The normalized spacial score (nSPS) is 19.3. The summed E-state index contributed by atoms with van der Waals surface area (Å²) in [5, 5.41) is 10.1. The maximum absolute atomic E-state index is 14.6. The highest BCUT2D eigenvalue weighted by molar-refractivity contribution is 5.95. The Morgan fingerprint density at radius 3 is 2.43 bits per heavy atom. The molecule has 3 rings (SSSR count). The summed E-state index contributed by atoms with van der Waals surface area (Å²) in [4.78, 5) is 54.8. The van der Waals surface area contributed by atoms with Crippen LogP contribution in [-0.2, 0) is 14.3 Å². The molecule has 12 heteroatoms. The molecule has 1 aromatic rings. The first-order valence-electron chi connectivity index (χ1n) is 15.6. The van der Waals surface area contributed by atoms with Crippen LogP contribution in [0, 0.1) is 35.8 Å². The zero-order valence-corrected chi connectivity index (χ0v) is 26.9. The molecular formula is C34H44F2N4O6. The lowest BCUT2D eigenvalue weighted by atomic mass is 9.86. The van der Waals surface area contributed by atoms with E-state index < -0.39 is 36.1 Å². The molecule has 0 radical (unpaired) electrons. The van der Waals surface area contributed by atoms with Crippen LogP contribution < -0.4 is 4.90 Å². The quantitative estimate of drug-likeness (QED) is 0.181. The van der Waals surface area contributed by atoms with Gasteiger partial charge in [-0.2, -0.15) is 0 Å². The number of hydrogen-bond acceptors (Lipinski definition) is 7. The Morgan fingerprint density at radius 1 is 1.07 bits per heavy atom. The number of carbonyl (C=O) groups excluding carboxylic acids is 4. The molecule has 2 saturated heterocycles. The van der Waals surface area contributed by atoms with E-state index in [0.29, 0.717) is 49.0 Å². The van der Waals surface area contributed by atoms with Gasteiger partial charge in [0.2, 0.25) is 0 Å². The molecule has 0 spiro atoms. The Labute approximate surface area is 269 Å². The number of benzene rings is 1. The Hall–Kier alpha value is -4.08. The molecule has 2 heterocycles. The summed E-state index contributed by atoms with van der Waals surface area (Å²) < 4.78 is 33.0. The van der Waals surface area contributed by atoms with Crippen LogP contribution in [0.1, 0.15) is 45.6 Å². The number of ether oxygens (including phenoxy) is 1. The highest BCUT2D eigenvalue weighted by Gasteiger charge is 2.30. The first-order chi connectivity index (χ1) is 22.0. The average Bonchev–Trinajstić information content (AvgIpc) is 3.38. The predicted octanol–water partition coefficient (Wildman–Crippen LogP) is 4.49. The number of likely N-dealkylation sites (N-methyl/N-ethyl adjacent to an activating group) is 1. The number of piperazine rings is 1. The fourth-order valence-corrected chi connectivity index (χ4v) is 5.55. The van der Waals surface area contributed by atoms with Crippen molar-refractivity contribution >= 4 is 36.5 Å². The molecule has 2 aliphatic heterocycles. The lowest BCUT2D eigenvalue weighted by molar-refractivity contribution is -0.111. The Kier molecular flexibility index (Phi) is 13.9. The van der Waals surface area contributed by atoms with Crippen LogP contribution in [0.2, 0.25) is 0 Å². The van der Waals surface area contributed by atoms with Gasteiger partial charge in [0.15, 0.2) is 0 Å². The van der Waals surface area contributed by atoms with Crippen molar-refractivity contribution in [2.75, 3.05) is 51.2 Å². The van der Waals surface area contributed by atoms with Crippen LogP contribution in [-0.4, -0.2) is 103 Å². The molecule has 0 unspecified atom stereocenters. The molecule has 250 valence electrons. The minimum absolute atomic E-state index is 0.0331. The van der Waals surface area contributed by atoms with Gasteiger partial charge in [-0.25, -0.2) is 18.9 Å². The van der Waals surface area contributed by atoms with Gasteiger partial charge in [0, 0.05) is 50.7 Å². The van der Waals surface area contributed by atoms with Gasteiger partial charge in [-0.05, 0) is 68.5 Å². The number of nitrogens with zero attached hydrogens (tertiary/aromatic N) is 4. The molecule has 0 aromatic heterocycles. The van der Waals surface area contributed by atoms with Crippen LogP contribution in [0.15, 0.2) is 35.9 Å². The average molecular weight is 643 g/mol. The second-order valence-electron chi connectivity index (χ2n) is 12.1. The first kappa shape index (κ1) is 36.4. The molecule has 0 saturated carbocycles. The third-order valence-corrected chi connectivity index (χ3v) is 8.52. The van der Waals surface area contributed by atoms with E-state index in [0.717, 1.165) is 24.3 Å². The van der Waals surface area contributed by atoms with Crippen LogP contribution in [0.25, 0.3) is 6.08 Å². The monoisotopic (exact) mass is 642 g/mol. The van der Waals surface area contributed by atoms with E-state index in [9.17, 15) is 33.1 Å². The highest BCUT2D eigenvalue weighted by Crippen LogP contribution is 2.28. The number of aldehydes is 2. The summed E-state index contributed by atoms with van der Waals surface area (Å²) >= 11 is 0. The minimum Gasteiger partial charge on any atom is -0.442 e. The Morgan fingerprint density at radius 2 is 1.78 bits per heavy atom. The zero-order chi connectivity index (χ0) is 33.8. The van der Waals surface area contributed by atoms with E-state index in [4.69, 9.17) is 4.74 Å². The Bertz CT molecular complexity index is 1350. The Balaban J connectivity index is 1.77. The van der Waals surface area contributed by atoms with Crippen LogP contribution >= 0.6 is 0 Å². The van der Waals surface area contributed by atoms with Gasteiger partial charge in [0.05, 0.1) is 18.7 Å². The second kappa shape index (κ2) is 17.6. The SMILES string of the molecule is C/C(=C\c1cc(F)cc(N2CCN(C#CF)C2=O)c1)[C@@H](C=O)[C@@H](C)/C=C/[C@H](OC(=O)N1CCN(C)CC1)[C@@H](C)CC[C@@H](O)CC=O. The third kappa shape index (κ3) is 10.2. The maximum atomic E-state index is 14.6. The smallest absolute Gasteiger partial charge is 0.410 e. The van der Waals surface area contributed by atoms with Gasteiger partial charge in [-0.1, -0.05) is 31.6 Å². The van der Waals surface area contributed by atoms with E-state index in [1.54, 1.807) is 30.0 Å². The van der Waals surface area contributed by atoms with Crippen molar-refractivity contribution in [3.63, 3.8) is 0 Å². The molecule has 10 nitrogen and oxygen atoms in total. The van der Waals surface area contributed by atoms with E-state index in [1.807, 2.05) is 27.0 Å². The summed E-state index contributed by atoms with van der Waals surface area (Å²) in [6.45, 7) is 8.47. The standard InChI is InChI=1S/C34H44F2N4O6/c1-24(6-8-32(25(2)5-7-30(43)9-18-41)46-34(45)39-14-12-37(4)13-15-39)31(23-42)26(3)19-27-20-28(36)22-29(21-27)40-17-16-38(11-10-35)33(40)44/h6,8,18-25,30-32,43H,5,7,9,12-17H2,1-4H3/b8-6+,26-19+/t24-,25-,30+,31-,32-/m0/s1. The molecule has 2 fully saturated rings. The topological polar surface area (TPSA) is 111 Å². The van der Waals surface area contributed by atoms with E-state index >= 15 is 0 Å². The van der Waals surface area contributed by atoms with Crippen molar-refractivity contribution in [1.29, 1.82) is 0 Å². The fraction of sp³-hybridized carbons (Fsp3) is 0.529. The molecular weight excluding hydrogens is 598 g/mol. The lowest BCUT2D eigenvalue weighted by Gasteiger charge is -2.33. The number of urea groups is 1. The van der Waals surface area contributed by atoms with Crippen LogP contribution in [0.4, 0.5) is 24.1 Å².